The van der Waals surface area contributed by atoms with Crippen LogP contribution in [0.3, 0.4) is 0 Å². The molecule has 2 saturated heterocycles. The zero-order chi connectivity index (χ0) is 16.2. The largest absolute Gasteiger partial charge is 0.393 e. The van der Waals surface area contributed by atoms with Gasteiger partial charge in [0.05, 0.1) is 6.10 Å². The summed E-state index contributed by atoms with van der Waals surface area (Å²) in [6.45, 7) is 5.54. The van der Waals surface area contributed by atoms with Crippen molar-refractivity contribution in [1.82, 2.24) is 4.90 Å². The highest BCUT2D eigenvalue weighted by atomic mass is 16.3. The van der Waals surface area contributed by atoms with E-state index in [9.17, 15) is 9.90 Å². The lowest BCUT2D eigenvalue weighted by atomic mass is 9.93. The summed E-state index contributed by atoms with van der Waals surface area (Å²) in [5, 5.41) is 9.78. The second-order valence-electron chi connectivity index (χ2n) is 6.99. The zero-order valence-electron chi connectivity index (χ0n) is 14.1. The fourth-order valence-corrected chi connectivity index (χ4v) is 3.74. The Morgan fingerprint density at radius 1 is 1.09 bits per heavy atom. The number of rotatable bonds is 3. The van der Waals surface area contributed by atoms with Gasteiger partial charge in [0.15, 0.2) is 0 Å². The molecule has 2 aliphatic rings. The third-order valence-corrected chi connectivity index (χ3v) is 5.26. The molecule has 0 radical (unpaired) electrons. The quantitative estimate of drug-likeness (QED) is 0.932. The van der Waals surface area contributed by atoms with E-state index in [1.807, 2.05) is 24.0 Å². The maximum absolute atomic E-state index is 12.7. The molecule has 23 heavy (non-hydrogen) atoms. The molecule has 4 nitrogen and oxygen atoms in total. The summed E-state index contributed by atoms with van der Waals surface area (Å²) < 4.78 is 0. The number of aliphatic hydroxyl groups excluding tert-OH is 1. The first-order valence-electron chi connectivity index (χ1n) is 8.97. The van der Waals surface area contributed by atoms with Crippen molar-refractivity contribution in [3.8, 4) is 0 Å². The lowest BCUT2D eigenvalue weighted by Crippen LogP contribution is -2.42. The van der Waals surface area contributed by atoms with Crippen molar-refractivity contribution in [2.75, 3.05) is 31.1 Å². The first-order chi connectivity index (χ1) is 11.1. The number of nitrogens with zero attached hydrogens (tertiary/aromatic N) is 2. The van der Waals surface area contributed by atoms with Crippen LogP contribution in [-0.4, -0.2) is 48.2 Å². The number of hydrogen-bond acceptors (Lipinski definition) is 3. The highest BCUT2D eigenvalue weighted by Gasteiger charge is 2.27. The van der Waals surface area contributed by atoms with Crippen LogP contribution >= 0.6 is 0 Å². The highest BCUT2D eigenvalue weighted by molar-refractivity contribution is 5.94. The smallest absolute Gasteiger partial charge is 0.253 e. The van der Waals surface area contributed by atoms with Gasteiger partial charge in [-0.1, -0.05) is 0 Å². The average Bonchev–Trinajstić information content (AvgIpc) is 2.62. The maximum atomic E-state index is 12.7. The number of piperidine rings is 2. The van der Waals surface area contributed by atoms with E-state index in [0.717, 1.165) is 38.0 Å². The van der Waals surface area contributed by atoms with Gasteiger partial charge >= 0.3 is 0 Å². The minimum atomic E-state index is -0.341. The molecule has 126 valence electrons. The second-order valence-corrected chi connectivity index (χ2v) is 6.99. The van der Waals surface area contributed by atoms with E-state index in [4.69, 9.17) is 0 Å². The molecule has 0 saturated carbocycles. The molecule has 1 amide bonds. The van der Waals surface area contributed by atoms with Crippen LogP contribution in [0.1, 0.15) is 49.4 Å². The van der Waals surface area contributed by atoms with E-state index in [0.29, 0.717) is 6.54 Å². The fraction of sp³-hybridized carbons (Fsp3) is 0.632. The molecular weight excluding hydrogens is 288 g/mol. The summed E-state index contributed by atoms with van der Waals surface area (Å²) >= 11 is 0. The van der Waals surface area contributed by atoms with Crippen molar-refractivity contribution in [2.45, 2.75) is 45.1 Å². The summed E-state index contributed by atoms with van der Waals surface area (Å²) in [4.78, 5) is 17.0. The van der Waals surface area contributed by atoms with Crippen LogP contribution in [0.5, 0.6) is 0 Å². The Kier molecular flexibility index (Phi) is 5.21. The molecule has 2 atom stereocenters. The van der Waals surface area contributed by atoms with Crippen molar-refractivity contribution in [2.24, 2.45) is 5.92 Å². The lowest BCUT2D eigenvalue weighted by Gasteiger charge is -2.34. The molecule has 3 rings (SSSR count). The molecule has 1 aromatic rings. The first kappa shape index (κ1) is 16.3. The lowest BCUT2D eigenvalue weighted by molar-refractivity contribution is 0.0466. The molecule has 0 aromatic heterocycles. The molecule has 1 aromatic carbocycles. The van der Waals surface area contributed by atoms with Crippen LogP contribution in [0, 0.1) is 5.92 Å². The monoisotopic (exact) mass is 316 g/mol. The maximum Gasteiger partial charge on any atom is 0.253 e. The second kappa shape index (κ2) is 7.35. The van der Waals surface area contributed by atoms with E-state index in [1.165, 1.54) is 24.9 Å². The average molecular weight is 316 g/mol. The van der Waals surface area contributed by atoms with Crippen LogP contribution in [0.2, 0.25) is 0 Å². The number of carbonyl (C=O) groups is 1. The SMILES string of the molecule is CC(O)C1CCCN(C(=O)c2ccc(N3CCCCC3)cc2)C1. The summed E-state index contributed by atoms with van der Waals surface area (Å²) in [7, 11) is 0. The van der Waals surface area contributed by atoms with Gasteiger partial charge in [-0.3, -0.25) is 4.79 Å². The van der Waals surface area contributed by atoms with Crippen molar-refractivity contribution >= 4 is 11.6 Å². The van der Waals surface area contributed by atoms with Gasteiger partial charge in [-0.15, -0.1) is 0 Å². The van der Waals surface area contributed by atoms with Gasteiger partial charge in [-0.2, -0.15) is 0 Å². The van der Waals surface area contributed by atoms with Gasteiger partial charge in [0.1, 0.15) is 0 Å². The number of carbonyl (C=O) groups excluding carboxylic acids is 1. The standard InChI is InChI=1S/C19H28N2O2/c1-15(22)17-6-5-13-21(14-17)19(23)16-7-9-18(10-8-16)20-11-3-2-4-12-20/h7-10,15,17,22H,2-6,11-14H2,1H3. The summed E-state index contributed by atoms with van der Waals surface area (Å²) in [5.41, 5.74) is 1.98. The third-order valence-electron chi connectivity index (χ3n) is 5.26. The number of likely N-dealkylation sites (tertiary alicyclic amines) is 1. The number of aliphatic hydroxyl groups is 1. The Morgan fingerprint density at radius 3 is 2.43 bits per heavy atom. The molecule has 0 aliphatic carbocycles. The van der Waals surface area contributed by atoms with Crippen LogP contribution in [0.25, 0.3) is 0 Å². The van der Waals surface area contributed by atoms with Gasteiger partial charge in [-0.05, 0) is 63.3 Å². The molecular formula is C19H28N2O2. The van der Waals surface area contributed by atoms with Gasteiger partial charge in [0.25, 0.3) is 5.91 Å². The molecule has 1 N–H and O–H groups in total. The number of hydrogen-bond donors (Lipinski definition) is 1. The van der Waals surface area contributed by atoms with Crippen LogP contribution in [0.4, 0.5) is 5.69 Å². The Hall–Kier alpha value is -1.55. The van der Waals surface area contributed by atoms with Gasteiger partial charge in [-0.25, -0.2) is 0 Å². The zero-order valence-corrected chi connectivity index (χ0v) is 14.1. The van der Waals surface area contributed by atoms with E-state index >= 15 is 0 Å². The van der Waals surface area contributed by atoms with Gasteiger partial charge in [0, 0.05) is 43.3 Å². The van der Waals surface area contributed by atoms with E-state index in [1.54, 1.807) is 0 Å². The third kappa shape index (κ3) is 3.86. The summed E-state index contributed by atoms with van der Waals surface area (Å²) in [5.74, 6) is 0.306. The Bertz CT molecular complexity index is 521. The topological polar surface area (TPSA) is 43.8 Å². The number of amides is 1. The predicted molar refractivity (Wildman–Crippen MR) is 92.8 cm³/mol. The van der Waals surface area contributed by atoms with Gasteiger partial charge in [0.2, 0.25) is 0 Å². The molecule has 4 heteroatoms. The fourth-order valence-electron chi connectivity index (χ4n) is 3.74. The number of anilines is 1. The van der Waals surface area contributed by atoms with E-state index < -0.39 is 0 Å². The van der Waals surface area contributed by atoms with E-state index in [-0.39, 0.29) is 17.9 Å². The minimum absolute atomic E-state index is 0.0977. The normalized spacial score (nSPS) is 23.7. The highest BCUT2D eigenvalue weighted by Crippen LogP contribution is 2.23. The minimum Gasteiger partial charge on any atom is -0.393 e. The van der Waals surface area contributed by atoms with E-state index in [2.05, 4.69) is 17.0 Å². The Labute approximate surface area is 139 Å². The molecule has 0 spiro atoms. The molecule has 2 heterocycles. The summed E-state index contributed by atoms with van der Waals surface area (Å²) in [6.07, 6.45) is 5.49. The Balaban J connectivity index is 1.65. The molecule has 0 bridgehead atoms. The van der Waals surface area contributed by atoms with Crippen molar-refractivity contribution in [3.05, 3.63) is 29.8 Å². The Morgan fingerprint density at radius 2 is 1.78 bits per heavy atom. The molecule has 2 fully saturated rings. The first-order valence-corrected chi connectivity index (χ1v) is 8.97. The number of benzene rings is 1. The summed E-state index contributed by atoms with van der Waals surface area (Å²) in [6, 6.07) is 8.07. The van der Waals surface area contributed by atoms with Crippen LogP contribution in [-0.2, 0) is 0 Å². The predicted octanol–water partition coefficient (Wildman–Crippen LogP) is 2.91. The van der Waals surface area contributed by atoms with Gasteiger partial charge < -0.3 is 14.9 Å². The van der Waals surface area contributed by atoms with Crippen LogP contribution < -0.4 is 4.90 Å². The van der Waals surface area contributed by atoms with Crippen molar-refractivity contribution in [3.63, 3.8) is 0 Å². The van der Waals surface area contributed by atoms with Crippen molar-refractivity contribution < 1.29 is 9.90 Å². The van der Waals surface area contributed by atoms with Crippen molar-refractivity contribution in [1.29, 1.82) is 0 Å². The molecule has 2 aliphatic heterocycles. The van der Waals surface area contributed by atoms with Crippen LogP contribution in [0.15, 0.2) is 24.3 Å². The molecule has 2 unspecified atom stereocenters.